The molecule has 0 aliphatic heterocycles. The first kappa shape index (κ1) is 11.8. The lowest BCUT2D eigenvalue weighted by atomic mass is 9.94. The molecule has 3 nitrogen and oxygen atoms in total. The summed E-state index contributed by atoms with van der Waals surface area (Å²) >= 11 is 0. The molecule has 1 saturated carbocycles. The lowest BCUT2D eigenvalue weighted by molar-refractivity contribution is -0.120. The van der Waals surface area contributed by atoms with Gasteiger partial charge in [0, 0.05) is 24.4 Å². The second kappa shape index (κ2) is 5.08. The van der Waals surface area contributed by atoms with Crippen molar-refractivity contribution in [1.82, 2.24) is 5.32 Å². The quantitative estimate of drug-likeness (QED) is 0.852. The molecule has 0 atom stereocenters. The highest BCUT2D eigenvalue weighted by Crippen LogP contribution is 2.15. The summed E-state index contributed by atoms with van der Waals surface area (Å²) in [5.41, 5.74) is 0.321. The van der Waals surface area contributed by atoms with Gasteiger partial charge in [-0.15, -0.1) is 0 Å². The van der Waals surface area contributed by atoms with Crippen LogP contribution in [0.4, 0.5) is 4.39 Å². The third kappa shape index (κ3) is 3.12. The maximum Gasteiger partial charge on any atom is 0.251 e. The van der Waals surface area contributed by atoms with Gasteiger partial charge in [0.05, 0.1) is 0 Å². The summed E-state index contributed by atoms with van der Waals surface area (Å²) < 4.78 is 12.9. The molecule has 2 rings (SSSR count). The van der Waals surface area contributed by atoms with E-state index in [4.69, 9.17) is 0 Å². The molecule has 0 heterocycles. The van der Waals surface area contributed by atoms with Crippen LogP contribution in [0.2, 0.25) is 0 Å². The highest BCUT2D eigenvalue weighted by atomic mass is 19.1. The fraction of sp³-hybridized carbons (Fsp3) is 0.385. The minimum atomic E-state index is -0.420. The molecule has 90 valence electrons. The van der Waals surface area contributed by atoms with Crippen LogP contribution in [0.15, 0.2) is 24.3 Å². The first-order valence-electron chi connectivity index (χ1n) is 5.73. The SMILES string of the molecule is O=C1CCC(NC(=O)c2cccc(F)c2)CC1. The standard InChI is InChI=1S/C13H14FNO2/c14-10-3-1-2-9(8-10)13(17)15-11-4-6-12(16)7-5-11/h1-3,8,11H,4-7H2,(H,15,17). The van der Waals surface area contributed by atoms with Gasteiger partial charge in [0.15, 0.2) is 0 Å². The van der Waals surface area contributed by atoms with Gasteiger partial charge in [-0.05, 0) is 31.0 Å². The van der Waals surface area contributed by atoms with E-state index < -0.39 is 5.82 Å². The minimum Gasteiger partial charge on any atom is -0.349 e. The Morgan fingerprint density at radius 1 is 1.29 bits per heavy atom. The molecule has 1 N–H and O–H groups in total. The molecule has 4 heteroatoms. The highest BCUT2D eigenvalue weighted by Gasteiger charge is 2.20. The molecule has 1 aliphatic carbocycles. The maximum atomic E-state index is 12.9. The normalized spacial score (nSPS) is 16.9. The fourth-order valence-electron chi connectivity index (χ4n) is 1.98. The summed E-state index contributed by atoms with van der Waals surface area (Å²) in [7, 11) is 0. The van der Waals surface area contributed by atoms with Gasteiger partial charge >= 0.3 is 0 Å². The van der Waals surface area contributed by atoms with E-state index in [9.17, 15) is 14.0 Å². The van der Waals surface area contributed by atoms with Crippen LogP contribution in [0, 0.1) is 5.82 Å². The van der Waals surface area contributed by atoms with E-state index in [1.807, 2.05) is 0 Å². The third-order valence-corrected chi connectivity index (χ3v) is 2.97. The number of ketones is 1. The molecule has 17 heavy (non-hydrogen) atoms. The molecule has 0 aromatic heterocycles. The van der Waals surface area contributed by atoms with E-state index in [2.05, 4.69) is 5.32 Å². The predicted octanol–water partition coefficient (Wildman–Crippen LogP) is 2.07. The summed E-state index contributed by atoms with van der Waals surface area (Å²) in [6, 6.07) is 5.63. The van der Waals surface area contributed by atoms with Crippen molar-refractivity contribution in [3.8, 4) is 0 Å². The second-order valence-corrected chi connectivity index (χ2v) is 4.30. The van der Waals surface area contributed by atoms with Gasteiger partial charge in [-0.2, -0.15) is 0 Å². The number of Topliss-reactive ketones (excluding diaryl/α,β-unsaturated/α-hetero) is 1. The van der Waals surface area contributed by atoms with Crippen molar-refractivity contribution in [2.75, 3.05) is 0 Å². The smallest absolute Gasteiger partial charge is 0.251 e. The van der Waals surface area contributed by atoms with Gasteiger partial charge in [-0.25, -0.2) is 4.39 Å². The van der Waals surface area contributed by atoms with Crippen molar-refractivity contribution in [3.05, 3.63) is 35.6 Å². The largest absolute Gasteiger partial charge is 0.349 e. The molecule has 0 radical (unpaired) electrons. The van der Waals surface area contributed by atoms with Crippen molar-refractivity contribution in [2.24, 2.45) is 0 Å². The average Bonchev–Trinajstić information content (AvgIpc) is 2.32. The van der Waals surface area contributed by atoms with Crippen molar-refractivity contribution in [2.45, 2.75) is 31.7 Å². The van der Waals surface area contributed by atoms with Crippen molar-refractivity contribution in [1.29, 1.82) is 0 Å². The summed E-state index contributed by atoms with van der Waals surface area (Å²) in [6.07, 6.45) is 2.40. The van der Waals surface area contributed by atoms with Gasteiger partial charge in [0.25, 0.3) is 5.91 Å². The third-order valence-electron chi connectivity index (χ3n) is 2.97. The van der Waals surface area contributed by atoms with Crippen LogP contribution in [0.1, 0.15) is 36.0 Å². The zero-order valence-electron chi connectivity index (χ0n) is 9.41. The van der Waals surface area contributed by atoms with Crippen LogP contribution >= 0.6 is 0 Å². The summed E-state index contributed by atoms with van der Waals surface area (Å²) in [5.74, 6) is -0.443. The van der Waals surface area contributed by atoms with Gasteiger partial charge < -0.3 is 5.32 Å². The van der Waals surface area contributed by atoms with Crippen LogP contribution in [-0.4, -0.2) is 17.7 Å². The van der Waals surface area contributed by atoms with Gasteiger partial charge in [0.1, 0.15) is 11.6 Å². The number of rotatable bonds is 2. The summed E-state index contributed by atoms with van der Waals surface area (Å²) in [6.45, 7) is 0. The Kier molecular flexibility index (Phi) is 3.52. The molecule has 1 amide bonds. The number of carbonyl (C=O) groups is 2. The van der Waals surface area contributed by atoms with Crippen LogP contribution in [-0.2, 0) is 4.79 Å². The average molecular weight is 235 g/mol. The first-order valence-corrected chi connectivity index (χ1v) is 5.73. The molecule has 0 saturated heterocycles. The highest BCUT2D eigenvalue weighted by molar-refractivity contribution is 5.94. The molecule has 0 spiro atoms. The predicted molar refractivity (Wildman–Crippen MR) is 61.1 cm³/mol. The molecule has 0 unspecified atom stereocenters. The number of hydrogen-bond donors (Lipinski definition) is 1. The van der Waals surface area contributed by atoms with Crippen LogP contribution in [0.5, 0.6) is 0 Å². The Morgan fingerprint density at radius 2 is 2.00 bits per heavy atom. The lowest BCUT2D eigenvalue weighted by Crippen LogP contribution is -2.37. The zero-order chi connectivity index (χ0) is 12.3. The van der Waals surface area contributed by atoms with E-state index in [1.165, 1.54) is 18.2 Å². The maximum absolute atomic E-state index is 12.9. The summed E-state index contributed by atoms with van der Waals surface area (Å²) in [4.78, 5) is 22.8. The van der Waals surface area contributed by atoms with Gasteiger partial charge in [-0.1, -0.05) is 6.07 Å². The van der Waals surface area contributed by atoms with Crippen LogP contribution < -0.4 is 5.32 Å². The molecular formula is C13H14FNO2. The van der Waals surface area contributed by atoms with E-state index in [0.717, 1.165) is 0 Å². The molecule has 1 fully saturated rings. The fourth-order valence-corrected chi connectivity index (χ4v) is 1.98. The lowest BCUT2D eigenvalue weighted by Gasteiger charge is -2.22. The number of nitrogens with one attached hydrogen (secondary N) is 1. The Hall–Kier alpha value is -1.71. The van der Waals surface area contributed by atoms with Crippen molar-refractivity contribution >= 4 is 11.7 Å². The topological polar surface area (TPSA) is 46.2 Å². The molecule has 1 aromatic carbocycles. The van der Waals surface area contributed by atoms with E-state index in [1.54, 1.807) is 6.07 Å². The van der Waals surface area contributed by atoms with Crippen molar-refractivity contribution in [3.63, 3.8) is 0 Å². The molecular weight excluding hydrogens is 221 g/mol. The number of carbonyl (C=O) groups excluding carboxylic acids is 2. The Bertz CT molecular complexity index is 435. The monoisotopic (exact) mass is 235 g/mol. The van der Waals surface area contributed by atoms with Gasteiger partial charge in [0.2, 0.25) is 0 Å². The number of halogens is 1. The molecule has 1 aliphatic rings. The number of amides is 1. The minimum absolute atomic E-state index is 0.0310. The molecule has 1 aromatic rings. The zero-order valence-corrected chi connectivity index (χ0v) is 9.41. The van der Waals surface area contributed by atoms with E-state index in [0.29, 0.717) is 31.2 Å². The number of benzene rings is 1. The van der Waals surface area contributed by atoms with E-state index >= 15 is 0 Å². The Balaban J connectivity index is 1.95. The van der Waals surface area contributed by atoms with Crippen LogP contribution in [0.3, 0.4) is 0 Å². The van der Waals surface area contributed by atoms with Crippen LogP contribution in [0.25, 0.3) is 0 Å². The van der Waals surface area contributed by atoms with Gasteiger partial charge in [-0.3, -0.25) is 9.59 Å². The molecule has 0 bridgehead atoms. The van der Waals surface area contributed by atoms with Crippen molar-refractivity contribution < 1.29 is 14.0 Å². The first-order chi connectivity index (χ1) is 8.15. The Morgan fingerprint density at radius 3 is 2.65 bits per heavy atom. The Labute approximate surface area is 99.0 Å². The van der Waals surface area contributed by atoms with E-state index in [-0.39, 0.29) is 17.7 Å². The summed E-state index contributed by atoms with van der Waals surface area (Å²) in [5, 5.41) is 2.83. The number of hydrogen-bond acceptors (Lipinski definition) is 2. The second-order valence-electron chi connectivity index (χ2n) is 4.30.